The molecule has 2 heteroatoms. The standard InChI is InChI=1S/C9H19.Ba.Li/c1-3-5-7-9-8-6-4-2;;/h1,3-9H2,2H3;;/q-1;;+1. The number of rotatable bonds is 6. The van der Waals surface area contributed by atoms with Gasteiger partial charge in [0.05, 0.1) is 0 Å². The molecule has 0 aromatic rings. The van der Waals surface area contributed by atoms with Gasteiger partial charge in [0.25, 0.3) is 0 Å². The molecule has 0 aromatic heterocycles. The summed E-state index contributed by atoms with van der Waals surface area (Å²) in [5, 5.41) is 0. The van der Waals surface area contributed by atoms with Gasteiger partial charge >= 0.3 is 18.9 Å². The summed E-state index contributed by atoms with van der Waals surface area (Å²) in [5.41, 5.74) is 0. The van der Waals surface area contributed by atoms with E-state index in [9.17, 15) is 0 Å². The van der Waals surface area contributed by atoms with Gasteiger partial charge in [-0.1, -0.05) is 45.4 Å². The Morgan fingerprint density at radius 2 is 1.36 bits per heavy atom. The molecule has 0 aliphatic rings. The van der Waals surface area contributed by atoms with E-state index in [1.54, 1.807) is 0 Å². The van der Waals surface area contributed by atoms with Gasteiger partial charge in [0, 0.05) is 48.9 Å². The fourth-order valence-corrected chi connectivity index (χ4v) is 0.957. The predicted molar refractivity (Wildman–Crippen MR) is 49.1 cm³/mol. The molecule has 11 heavy (non-hydrogen) atoms. The second kappa shape index (κ2) is 18.1. The minimum absolute atomic E-state index is 0. The molecule has 0 fully saturated rings. The van der Waals surface area contributed by atoms with Crippen molar-refractivity contribution in [3.63, 3.8) is 0 Å². The zero-order valence-corrected chi connectivity index (χ0v) is 12.8. The molecule has 0 heterocycles. The summed E-state index contributed by atoms with van der Waals surface area (Å²) in [4.78, 5) is 0. The second-order valence-corrected chi connectivity index (χ2v) is 2.62. The SMILES string of the molecule is [Ba].[CH2-]CCCCCCCC.[Li+]. The Bertz CT molecular complexity index is 42.8. The summed E-state index contributed by atoms with van der Waals surface area (Å²) in [7, 11) is 0. The van der Waals surface area contributed by atoms with Crippen molar-refractivity contribution in [3.8, 4) is 0 Å². The molecular weight excluding hydrogens is 252 g/mol. The average molecular weight is 272 g/mol. The van der Waals surface area contributed by atoms with Crippen LogP contribution in [0.2, 0.25) is 0 Å². The van der Waals surface area contributed by atoms with Crippen molar-refractivity contribution in [1.82, 2.24) is 0 Å². The Labute approximate surface area is 125 Å². The first-order valence-corrected chi connectivity index (χ1v) is 4.21. The van der Waals surface area contributed by atoms with Gasteiger partial charge in [-0.15, -0.1) is 0 Å². The molecule has 0 spiro atoms. The van der Waals surface area contributed by atoms with E-state index >= 15 is 0 Å². The Hall–Kier alpha value is 2.17. The second-order valence-electron chi connectivity index (χ2n) is 2.62. The molecule has 0 N–H and O–H groups in total. The summed E-state index contributed by atoms with van der Waals surface area (Å²) in [6, 6.07) is 0. The van der Waals surface area contributed by atoms with Gasteiger partial charge in [-0.2, -0.15) is 6.42 Å². The first kappa shape index (κ1) is 18.9. The summed E-state index contributed by atoms with van der Waals surface area (Å²) >= 11 is 0. The number of hydrogen-bond donors (Lipinski definition) is 0. The molecule has 0 aromatic carbocycles. The maximum Gasteiger partial charge on any atom is 1.00 e. The van der Waals surface area contributed by atoms with Crippen molar-refractivity contribution in [2.45, 2.75) is 51.9 Å². The topological polar surface area (TPSA) is 0 Å². The maximum absolute atomic E-state index is 3.80. The molecule has 0 aliphatic carbocycles. The van der Waals surface area contributed by atoms with Crippen molar-refractivity contribution in [2.24, 2.45) is 0 Å². The van der Waals surface area contributed by atoms with E-state index in [0.29, 0.717) is 0 Å². The molecule has 0 unspecified atom stereocenters. The van der Waals surface area contributed by atoms with Gasteiger partial charge < -0.3 is 6.92 Å². The van der Waals surface area contributed by atoms with Crippen molar-refractivity contribution in [2.75, 3.05) is 0 Å². The van der Waals surface area contributed by atoms with Crippen LogP contribution in [0.4, 0.5) is 0 Å². The Kier molecular flexibility index (Phi) is 31.0. The molecule has 0 saturated heterocycles. The predicted octanol–water partition coefficient (Wildman–Crippen LogP) is 0.194. The fraction of sp³-hybridized carbons (Fsp3) is 0.889. The normalized spacial score (nSPS) is 8.18. The monoisotopic (exact) mass is 272 g/mol. The van der Waals surface area contributed by atoms with Gasteiger partial charge in [-0.25, -0.2) is 0 Å². The molecule has 0 aliphatic heterocycles. The van der Waals surface area contributed by atoms with Crippen LogP contribution in [0, 0.1) is 6.92 Å². The van der Waals surface area contributed by atoms with E-state index in [2.05, 4.69) is 13.8 Å². The van der Waals surface area contributed by atoms with Crippen LogP contribution in [0.15, 0.2) is 0 Å². The van der Waals surface area contributed by atoms with E-state index < -0.39 is 0 Å². The third-order valence-electron chi connectivity index (χ3n) is 1.60. The fourth-order valence-electron chi connectivity index (χ4n) is 0.957. The molecule has 0 rings (SSSR count). The molecule has 0 saturated carbocycles. The van der Waals surface area contributed by atoms with Crippen LogP contribution in [0.5, 0.6) is 0 Å². The van der Waals surface area contributed by atoms with Crippen LogP contribution in [0.3, 0.4) is 0 Å². The summed E-state index contributed by atoms with van der Waals surface area (Å²) < 4.78 is 0. The first-order chi connectivity index (χ1) is 4.41. The molecule has 0 nitrogen and oxygen atoms in total. The van der Waals surface area contributed by atoms with E-state index in [4.69, 9.17) is 0 Å². The van der Waals surface area contributed by atoms with Gasteiger partial charge in [0.1, 0.15) is 0 Å². The average Bonchev–Trinajstić information content (AvgIpc) is 1.89. The van der Waals surface area contributed by atoms with Gasteiger partial charge in [0.15, 0.2) is 0 Å². The Morgan fingerprint density at radius 3 is 1.82 bits per heavy atom. The van der Waals surface area contributed by atoms with Crippen LogP contribution in [0.25, 0.3) is 0 Å². The van der Waals surface area contributed by atoms with E-state index in [0.717, 1.165) is 6.42 Å². The molecule has 0 bridgehead atoms. The van der Waals surface area contributed by atoms with Gasteiger partial charge in [-0.05, 0) is 0 Å². The number of hydrogen-bond acceptors (Lipinski definition) is 0. The van der Waals surface area contributed by atoms with Crippen LogP contribution in [-0.2, 0) is 0 Å². The van der Waals surface area contributed by atoms with Crippen LogP contribution < -0.4 is 18.9 Å². The van der Waals surface area contributed by atoms with E-state index in [1.807, 2.05) is 0 Å². The molecule has 58 valence electrons. The van der Waals surface area contributed by atoms with Crippen molar-refractivity contribution in [3.05, 3.63) is 6.92 Å². The smallest absolute Gasteiger partial charge is 0.343 e. The van der Waals surface area contributed by atoms with Crippen molar-refractivity contribution in [1.29, 1.82) is 0 Å². The zero-order chi connectivity index (χ0) is 6.95. The number of unbranched alkanes of at least 4 members (excludes halogenated alkanes) is 6. The molecular formula is C9H19BaLi. The van der Waals surface area contributed by atoms with Crippen LogP contribution >= 0.6 is 0 Å². The van der Waals surface area contributed by atoms with Crippen LogP contribution in [0.1, 0.15) is 51.9 Å². The van der Waals surface area contributed by atoms with Crippen LogP contribution in [-0.4, -0.2) is 48.9 Å². The summed E-state index contributed by atoms with van der Waals surface area (Å²) in [6.45, 7) is 6.05. The Balaban J connectivity index is -0.000000320. The summed E-state index contributed by atoms with van der Waals surface area (Å²) in [6.07, 6.45) is 9.45. The third kappa shape index (κ3) is 18.9. The maximum atomic E-state index is 3.80. The van der Waals surface area contributed by atoms with E-state index in [-0.39, 0.29) is 67.7 Å². The quantitative estimate of drug-likeness (QED) is 0.368. The molecule has 0 amide bonds. The Morgan fingerprint density at radius 1 is 0.909 bits per heavy atom. The minimum atomic E-state index is 0. The minimum Gasteiger partial charge on any atom is -0.343 e. The first-order valence-electron chi connectivity index (χ1n) is 4.21. The van der Waals surface area contributed by atoms with Crippen molar-refractivity contribution < 1.29 is 18.9 Å². The third-order valence-corrected chi connectivity index (χ3v) is 1.60. The molecule has 0 atom stereocenters. The molecule has 2 radical (unpaired) electrons. The van der Waals surface area contributed by atoms with Gasteiger partial charge in [-0.3, -0.25) is 0 Å². The van der Waals surface area contributed by atoms with Crippen molar-refractivity contribution >= 4 is 48.9 Å². The zero-order valence-electron chi connectivity index (χ0n) is 8.36. The van der Waals surface area contributed by atoms with E-state index in [1.165, 1.54) is 38.5 Å². The largest absolute Gasteiger partial charge is 1.00 e. The van der Waals surface area contributed by atoms with Gasteiger partial charge in [0.2, 0.25) is 0 Å². The summed E-state index contributed by atoms with van der Waals surface area (Å²) in [5.74, 6) is 0.